The molecule has 1 rings (SSSR count). The van der Waals surface area contributed by atoms with Crippen molar-refractivity contribution in [3.63, 3.8) is 0 Å². The predicted octanol–water partition coefficient (Wildman–Crippen LogP) is 3.00. The van der Waals surface area contributed by atoms with Crippen molar-refractivity contribution in [3.05, 3.63) is 30.1 Å². The standard InChI is InChI=1S/C13H21FN2/c1-10(2)8-13(3,9-15)16-12-6-4-11(14)5-7-12/h4-7,10,16H,8-9,15H2,1-3H3. The highest BCUT2D eigenvalue weighted by Gasteiger charge is 2.23. The van der Waals surface area contributed by atoms with Gasteiger partial charge in [0.1, 0.15) is 5.82 Å². The molecule has 0 spiro atoms. The van der Waals surface area contributed by atoms with Crippen LogP contribution >= 0.6 is 0 Å². The Kier molecular flexibility index (Phi) is 4.30. The van der Waals surface area contributed by atoms with Gasteiger partial charge in [0.05, 0.1) is 0 Å². The first-order chi connectivity index (χ1) is 7.45. The quantitative estimate of drug-likeness (QED) is 0.807. The second kappa shape index (κ2) is 5.30. The van der Waals surface area contributed by atoms with Crippen molar-refractivity contribution in [2.45, 2.75) is 32.7 Å². The van der Waals surface area contributed by atoms with Crippen molar-refractivity contribution in [3.8, 4) is 0 Å². The lowest BCUT2D eigenvalue weighted by atomic mass is 9.90. The van der Waals surface area contributed by atoms with Crippen molar-refractivity contribution >= 4 is 5.69 Å². The van der Waals surface area contributed by atoms with E-state index >= 15 is 0 Å². The van der Waals surface area contributed by atoms with Crippen molar-refractivity contribution in [2.75, 3.05) is 11.9 Å². The van der Waals surface area contributed by atoms with Gasteiger partial charge in [-0.15, -0.1) is 0 Å². The molecule has 1 atom stereocenters. The molecule has 3 heteroatoms. The van der Waals surface area contributed by atoms with E-state index in [0.29, 0.717) is 12.5 Å². The van der Waals surface area contributed by atoms with Gasteiger partial charge in [-0.3, -0.25) is 0 Å². The average molecular weight is 224 g/mol. The Balaban J connectivity index is 2.72. The lowest BCUT2D eigenvalue weighted by Crippen LogP contribution is -2.43. The van der Waals surface area contributed by atoms with Crippen LogP contribution in [-0.4, -0.2) is 12.1 Å². The first-order valence-corrected chi connectivity index (χ1v) is 5.69. The minimum Gasteiger partial charge on any atom is -0.379 e. The number of rotatable bonds is 5. The molecule has 0 bridgehead atoms. The van der Waals surface area contributed by atoms with Gasteiger partial charge in [-0.1, -0.05) is 13.8 Å². The summed E-state index contributed by atoms with van der Waals surface area (Å²) in [7, 11) is 0. The minimum atomic E-state index is -0.219. The van der Waals surface area contributed by atoms with E-state index in [9.17, 15) is 4.39 Å². The van der Waals surface area contributed by atoms with Crippen LogP contribution in [0.2, 0.25) is 0 Å². The number of nitrogens with one attached hydrogen (secondary N) is 1. The van der Waals surface area contributed by atoms with Crippen molar-refractivity contribution in [1.29, 1.82) is 0 Å². The molecular formula is C13H21FN2. The second-order valence-corrected chi connectivity index (χ2v) is 4.99. The van der Waals surface area contributed by atoms with Crippen LogP contribution < -0.4 is 11.1 Å². The summed E-state index contributed by atoms with van der Waals surface area (Å²) >= 11 is 0. The molecule has 90 valence electrons. The fourth-order valence-electron chi connectivity index (χ4n) is 1.97. The second-order valence-electron chi connectivity index (χ2n) is 4.99. The summed E-state index contributed by atoms with van der Waals surface area (Å²) in [5.74, 6) is 0.352. The fourth-order valence-corrected chi connectivity index (χ4v) is 1.97. The largest absolute Gasteiger partial charge is 0.379 e. The van der Waals surface area contributed by atoms with Crippen LogP contribution in [0.3, 0.4) is 0 Å². The summed E-state index contributed by atoms with van der Waals surface area (Å²) in [6.07, 6.45) is 0.987. The van der Waals surface area contributed by atoms with E-state index < -0.39 is 0 Å². The summed E-state index contributed by atoms with van der Waals surface area (Å²) in [4.78, 5) is 0. The first-order valence-electron chi connectivity index (χ1n) is 5.69. The molecule has 1 aromatic carbocycles. The highest BCUT2D eigenvalue weighted by molar-refractivity contribution is 5.45. The molecule has 0 aromatic heterocycles. The summed E-state index contributed by atoms with van der Waals surface area (Å²) in [5, 5.41) is 3.37. The zero-order valence-electron chi connectivity index (χ0n) is 10.3. The number of benzene rings is 1. The SMILES string of the molecule is CC(C)CC(C)(CN)Nc1ccc(F)cc1. The smallest absolute Gasteiger partial charge is 0.123 e. The normalized spacial score (nSPS) is 14.9. The number of nitrogens with two attached hydrogens (primary N) is 1. The molecule has 0 heterocycles. The molecular weight excluding hydrogens is 203 g/mol. The van der Waals surface area contributed by atoms with Crippen LogP contribution in [0.25, 0.3) is 0 Å². The van der Waals surface area contributed by atoms with Gasteiger partial charge in [0.15, 0.2) is 0 Å². The highest BCUT2D eigenvalue weighted by atomic mass is 19.1. The molecule has 0 aliphatic carbocycles. The van der Waals surface area contributed by atoms with Gasteiger partial charge < -0.3 is 11.1 Å². The Morgan fingerprint density at radius 1 is 1.31 bits per heavy atom. The van der Waals surface area contributed by atoms with E-state index in [1.165, 1.54) is 12.1 Å². The molecule has 0 aliphatic heterocycles. The Morgan fingerprint density at radius 3 is 2.31 bits per heavy atom. The van der Waals surface area contributed by atoms with Crippen LogP contribution in [0, 0.1) is 11.7 Å². The van der Waals surface area contributed by atoms with Crippen LogP contribution in [0.1, 0.15) is 27.2 Å². The zero-order valence-corrected chi connectivity index (χ0v) is 10.3. The average Bonchev–Trinajstić information content (AvgIpc) is 2.20. The molecule has 0 amide bonds. The summed E-state index contributed by atoms with van der Waals surface area (Å²) in [6.45, 7) is 6.99. The Hall–Kier alpha value is -1.09. The van der Waals surface area contributed by atoms with Crippen LogP contribution in [0.5, 0.6) is 0 Å². The van der Waals surface area contributed by atoms with Gasteiger partial charge in [0, 0.05) is 17.8 Å². The monoisotopic (exact) mass is 224 g/mol. The Bertz CT molecular complexity index is 321. The Labute approximate surface area is 97.0 Å². The van der Waals surface area contributed by atoms with E-state index in [4.69, 9.17) is 5.73 Å². The molecule has 3 N–H and O–H groups in total. The third-order valence-corrected chi connectivity index (χ3v) is 2.60. The molecule has 0 fully saturated rings. The number of hydrogen-bond acceptors (Lipinski definition) is 2. The van der Waals surface area contributed by atoms with Crippen LogP contribution in [0.15, 0.2) is 24.3 Å². The van der Waals surface area contributed by atoms with Crippen molar-refractivity contribution < 1.29 is 4.39 Å². The summed E-state index contributed by atoms with van der Waals surface area (Å²) < 4.78 is 12.8. The van der Waals surface area contributed by atoms with Crippen LogP contribution in [-0.2, 0) is 0 Å². The van der Waals surface area contributed by atoms with E-state index in [1.807, 2.05) is 0 Å². The lowest BCUT2D eigenvalue weighted by Gasteiger charge is -2.32. The van der Waals surface area contributed by atoms with Gasteiger partial charge in [-0.25, -0.2) is 4.39 Å². The maximum atomic E-state index is 12.8. The van der Waals surface area contributed by atoms with Gasteiger partial charge in [-0.2, -0.15) is 0 Å². The first kappa shape index (κ1) is 13.0. The van der Waals surface area contributed by atoms with Crippen LogP contribution in [0.4, 0.5) is 10.1 Å². The van der Waals surface area contributed by atoms with E-state index in [-0.39, 0.29) is 11.4 Å². The van der Waals surface area contributed by atoms with E-state index in [1.54, 1.807) is 12.1 Å². The fraction of sp³-hybridized carbons (Fsp3) is 0.538. The van der Waals surface area contributed by atoms with E-state index in [2.05, 4.69) is 26.1 Å². The van der Waals surface area contributed by atoms with Gasteiger partial charge in [0.2, 0.25) is 0 Å². The third kappa shape index (κ3) is 3.81. The van der Waals surface area contributed by atoms with Gasteiger partial charge in [0.25, 0.3) is 0 Å². The van der Waals surface area contributed by atoms with Gasteiger partial charge in [-0.05, 0) is 43.5 Å². The molecule has 2 nitrogen and oxygen atoms in total. The minimum absolute atomic E-state index is 0.133. The molecule has 0 saturated carbocycles. The summed E-state index contributed by atoms with van der Waals surface area (Å²) in [6, 6.07) is 6.39. The lowest BCUT2D eigenvalue weighted by molar-refractivity contribution is 0.407. The molecule has 1 unspecified atom stereocenters. The van der Waals surface area contributed by atoms with Crippen molar-refractivity contribution in [1.82, 2.24) is 0 Å². The number of halogens is 1. The molecule has 1 aromatic rings. The maximum absolute atomic E-state index is 12.8. The summed E-state index contributed by atoms with van der Waals surface area (Å²) in [5.41, 5.74) is 6.58. The molecule has 0 radical (unpaired) electrons. The van der Waals surface area contributed by atoms with Gasteiger partial charge >= 0.3 is 0 Å². The molecule has 0 saturated heterocycles. The highest BCUT2D eigenvalue weighted by Crippen LogP contribution is 2.21. The number of anilines is 1. The predicted molar refractivity (Wildman–Crippen MR) is 66.9 cm³/mol. The maximum Gasteiger partial charge on any atom is 0.123 e. The molecule has 16 heavy (non-hydrogen) atoms. The third-order valence-electron chi connectivity index (χ3n) is 2.60. The Morgan fingerprint density at radius 2 is 1.88 bits per heavy atom. The topological polar surface area (TPSA) is 38.0 Å². The van der Waals surface area contributed by atoms with Crippen molar-refractivity contribution in [2.24, 2.45) is 11.7 Å². The molecule has 0 aliphatic rings. The number of hydrogen-bond donors (Lipinski definition) is 2. The zero-order chi connectivity index (χ0) is 12.2. The van der Waals surface area contributed by atoms with E-state index in [0.717, 1.165) is 12.1 Å².